The van der Waals surface area contributed by atoms with Crippen LogP contribution in [0.3, 0.4) is 0 Å². The molecule has 4 rings (SSSR count). The van der Waals surface area contributed by atoms with Gasteiger partial charge in [-0.25, -0.2) is 8.78 Å². The average molecular weight is 402 g/mol. The first-order chi connectivity index (χ1) is 14.6. The first kappa shape index (κ1) is 20.3. The van der Waals surface area contributed by atoms with Gasteiger partial charge in [0.1, 0.15) is 11.6 Å². The van der Waals surface area contributed by atoms with E-state index in [1.807, 2.05) is 24.3 Å². The summed E-state index contributed by atoms with van der Waals surface area (Å²) in [6, 6.07) is 17.2. The molecule has 0 bridgehead atoms. The largest absolute Gasteiger partial charge is 0.207 e. The van der Waals surface area contributed by atoms with Crippen LogP contribution >= 0.6 is 0 Å². The summed E-state index contributed by atoms with van der Waals surface area (Å²) in [6.07, 6.45) is 5.84. The lowest BCUT2D eigenvalue weighted by molar-refractivity contribution is 0.533. The van der Waals surface area contributed by atoms with E-state index in [1.165, 1.54) is 6.07 Å². The third-order valence-corrected chi connectivity index (χ3v) is 6.08. The highest BCUT2D eigenvalue weighted by atomic mass is 19.1. The molecule has 0 heterocycles. The summed E-state index contributed by atoms with van der Waals surface area (Å²) in [4.78, 5) is 0. The van der Waals surface area contributed by atoms with E-state index in [9.17, 15) is 4.39 Å². The second-order valence-electron chi connectivity index (χ2n) is 8.05. The Kier molecular flexibility index (Phi) is 5.95. The molecule has 0 unspecified atom stereocenters. The van der Waals surface area contributed by atoms with Crippen molar-refractivity contribution in [3.63, 3.8) is 0 Å². The zero-order valence-electron chi connectivity index (χ0n) is 17.3. The number of halogens is 2. The molecule has 3 heteroatoms. The molecule has 0 N–H and O–H groups in total. The topological polar surface area (TPSA) is 23.8 Å². The smallest absolute Gasteiger partial charge is 0.133 e. The van der Waals surface area contributed by atoms with Gasteiger partial charge in [-0.3, -0.25) is 0 Å². The van der Waals surface area contributed by atoms with Gasteiger partial charge in [0.05, 0.1) is 11.6 Å². The van der Waals surface area contributed by atoms with E-state index in [-0.39, 0.29) is 11.4 Å². The average Bonchev–Trinajstić information content (AvgIpc) is 2.78. The Hall–Kier alpha value is -2.99. The molecular formula is C27H25F2N. The van der Waals surface area contributed by atoms with Gasteiger partial charge < -0.3 is 0 Å². The lowest BCUT2D eigenvalue weighted by atomic mass is 9.82. The number of nitrogens with zero attached hydrogens (tertiary/aromatic N) is 1. The van der Waals surface area contributed by atoms with Gasteiger partial charge in [0.15, 0.2) is 0 Å². The van der Waals surface area contributed by atoms with E-state index < -0.39 is 5.82 Å². The minimum atomic E-state index is -0.424. The molecule has 0 saturated heterocycles. The van der Waals surface area contributed by atoms with E-state index in [1.54, 1.807) is 12.1 Å². The molecule has 1 nitrogen and oxygen atoms in total. The van der Waals surface area contributed by atoms with Crippen LogP contribution in [-0.2, 0) is 19.3 Å². The summed E-state index contributed by atoms with van der Waals surface area (Å²) in [5.41, 5.74) is 6.33. The lowest BCUT2D eigenvalue weighted by Gasteiger charge is -2.23. The van der Waals surface area contributed by atoms with E-state index in [4.69, 9.17) is 5.26 Å². The highest BCUT2D eigenvalue weighted by Gasteiger charge is 2.24. The van der Waals surface area contributed by atoms with E-state index in [0.717, 1.165) is 54.4 Å². The van der Waals surface area contributed by atoms with Crippen LogP contribution in [0, 0.1) is 23.0 Å². The minimum absolute atomic E-state index is 0.252. The monoisotopic (exact) mass is 401 g/mol. The second kappa shape index (κ2) is 8.79. The summed E-state index contributed by atoms with van der Waals surface area (Å²) >= 11 is 0. The fourth-order valence-electron chi connectivity index (χ4n) is 4.39. The predicted molar refractivity (Wildman–Crippen MR) is 117 cm³/mol. The Morgan fingerprint density at radius 2 is 1.63 bits per heavy atom. The molecule has 30 heavy (non-hydrogen) atoms. The maximum absolute atomic E-state index is 15.2. The number of hydrogen-bond donors (Lipinski definition) is 0. The van der Waals surface area contributed by atoms with Gasteiger partial charge in [-0.15, -0.1) is 0 Å². The van der Waals surface area contributed by atoms with Crippen molar-refractivity contribution in [2.75, 3.05) is 0 Å². The lowest BCUT2D eigenvalue weighted by Crippen LogP contribution is -2.10. The third-order valence-electron chi connectivity index (χ3n) is 6.08. The van der Waals surface area contributed by atoms with Gasteiger partial charge in [0, 0.05) is 5.56 Å². The van der Waals surface area contributed by atoms with Crippen molar-refractivity contribution in [3.8, 4) is 28.3 Å². The third kappa shape index (κ3) is 3.87. The Labute approximate surface area is 177 Å². The van der Waals surface area contributed by atoms with E-state index in [0.29, 0.717) is 29.5 Å². The van der Waals surface area contributed by atoms with Crippen LogP contribution in [0.4, 0.5) is 8.78 Å². The normalized spacial score (nSPS) is 12.2. The Bertz CT molecular complexity index is 1110. The van der Waals surface area contributed by atoms with Crippen LogP contribution in [-0.4, -0.2) is 0 Å². The number of unbranched alkanes of at least 4 members (excludes halogenated alkanes) is 3. The highest BCUT2D eigenvalue weighted by Crippen LogP contribution is 2.39. The SMILES string of the molecule is CCCCCCc1c(F)cc2c(c1F)CCc1cc(-c3ccc(C#N)cc3)ccc1-2. The molecule has 3 aromatic carbocycles. The Morgan fingerprint density at radius 3 is 2.37 bits per heavy atom. The molecule has 0 aromatic heterocycles. The molecule has 0 aliphatic heterocycles. The summed E-state index contributed by atoms with van der Waals surface area (Å²) in [7, 11) is 0. The standard InChI is InChI=1S/C27H25F2N/c1-2-3-4-5-6-24-26(28)16-25-22-13-11-20(19-9-7-18(17-30)8-10-19)15-21(22)12-14-23(25)27(24)29/h7-11,13,15-16H,2-6,12,14H2,1H3. The number of hydrogen-bond acceptors (Lipinski definition) is 1. The fraction of sp³-hybridized carbons (Fsp3) is 0.296. The van der Waals surface area contributed by atoms with Crippen molar-refractivity contribution >= 4 is 0 Å². The van der Waals surface area contributed by atoms with Crippen molar-refractivity contribution in [1.82, 2.24) is 0 Å². The molecule has 0 amide bonds. The predicted octanol–water partition coefficient (Wildman–Crippen LogP) is 7.39. The van der Waals surface area contributed by atoms with Crippen molar-refractivity contribution in [2.24, 2.45) is 0 Å². The molecule has 0 spiro atoms. The van der Waals surface area contributed by atoms with Crippen LogP contribution in [0.1, 0.15) is 54.9 Å². The van der Waals surface area contributed by atoms with Gasteiger partial charge in [-0.1, -0.05) is 56.5 Å². The highest BCUT2D eigenvalue weighted by molar-refractivity contribution is 5.78. The molecule has 1 aliphatic rings. The molecule has 1 aliphatic carbocycles. The number of benzene rings is 3. The molecule has 152 valence electrons. The van der Waals surface area contributed by atoms with Crippen LogP contribution in [0.15, 0.2) is 48.5 Å². The maximum atomic E-state index is 15.2. The quantitative estimate of drug-likeness (QED) is 0.395. The van der Waals surface area contributed by atoms with Crippen molar-refractivity contribution in [1.29, 1.82) is 5.26 Å². The van der Waals surface area contributed by atoms with Gasteiger partial charge in [-0.05, 0) is 77.3 Å². The molecule has 0 saturated carbocycles. The maximum Gasteiger partial charge on any atom is 0.133 e. The number of rotatable bonds is 6. The van der Waals surface area contributed by atoms with Crippen LogP contribution in [0.25, 0.3) is 22.3 Å². The number of aryl methyl sites for hydroxylation is 1. The minimum Gasteiger partial charge on any atom is -0.207 e. The van der Waals surface area contributed by atoms with Gasteiger partial charge in [-0.2, -0.15) is 5.26 Å². The first-order valence-electron chi connectivity index (χ1n) is 10.8. The molecular weight excluding hydrogens is 376 g/mol. The van der Waals surface area contributed by atoms with Crippen LogP contribution in [0.2, 0.25) is 0 Å². The Morgan fingerprint density at radius 1 is 0.867 bits per heavy atom. The van der Waals surface area contributed by atoms with Crippen molar-refractivity contribution in [2.45, 2.75) is 51.9 Å². The summed E-state index contributed by atoms with van der Waals surface area (Å²) in [6.45, 7) is 2.13. The molecule has 0 atom stereocenters. The van der Waals surface area contributed by atoms with Crippen LogP contribution in [0.5, 0.6) is 0 Å². The number of fused-ring (bicyclic) bond motifs is 3. The van der Waals surface area contributed by atoms with Crippen molar-refractivity contribution in [3.05, 3.63) is 82.4 Å². The van der Waals surface area contributed by atoms with E-state index in [2.05, 4.69) is 19.1 Å². The fourth-order valence-corrected chi connectivity index (χ4v) is 4.39. The first-order valence-corrected chi connectivity index (χ1v) is 10.8. The summed E-state index contributed by atoms with van der Waals surface area (Å²) < 4.78 is 30.0. The van der Waals surface area contributed by atoms with Crippen molar-refractivity contribution < 1.29 is 8.78 Å². The molecule has 0 fully saturated rings. The Balaban J connectivity index is 1.66. The summed E-state index contributed by atoms with van der Waals surface area (Å²) in [5.74, 6) is -0.768. The molecule has 0 radical (unpaired) electrons. The van der Waals surface area contributed by atoms with E-state index >= 15 is 4.39 Å². The second-order valence-corrected chi connectivity index (χ2v) is 8.05. The zero-order chi connectivity index (χ0) is 21.1. The van der Waals surface area contributed by atoms with Gasteiger partial charge >= 0.3 is 0 Å². The van der Waals surface area contributed by atoms with Gasteiger partial charge in [0.2, 0.25) is 0 Å². The summed E-state index contributed by atoms with van der Waals surface area (Å²) in [5, 5.41) is 8.97. The number of nitriles is 1. The van der Waals surface area contributed by atoms with Gasteiger partial charge in [0.25, 0.3) is 0 Å². The van der Waals surface area contributed by atoms with Crippen LogP contribution < -0.4 is 0 Å². The zero-order valence-corrected chi connectivity index (χ0v) is 17.3. The molecule has 3 aromatic rings.